The maximum absolute atomic E-state index is 13.5. The van der Waals surface area contributed by atoms with Gasteiger partial charge in [-0.15, -0.1) is 0 Å². The SMILES string of the molecule is COc1cccc(/C=C/C(=O)c2ccc(NC(=O)/C(=C/c3cc(OC)c(OC)cc3OC)NC(=O)c3ccccc3)cc2)c1. The molecule has 0 heterocycles. The molecule has 0 fully saturated rings. The summed E-state index contributed by atoms with van der Waals surface area (Å²) < 4.78 is 21.5. The topological polar surface area (TPSA) is 112 Å². The molecule has 0 aromatic heterocycles. The molecule has 0 unspecified atom stereocenters. The highest BCUT2D eigenvalue weighted by molar-refractivity contribution is 6.11. The van der Waals surface area contributed by atoms with Crippen LogP contribution in [0.15, 0.2) is 103 Å². The molecule has 9 heteroatoms. The van der Waals surface area contributed by atoms with Gasteiger partial charge in [0.2, 0.25) is 0 Å². The van der Waals surface area contributed by atoms with E-state index in [1.165, 1.54) is 33.5 Å². The summed E-state index contributed by atoms with van der Waals surface area (Å²) in [5.41, 5.74) is 2.46. The molecule has 0 radical (unpaired) electrons. The number of nitrogens with one attached hydrogen (secondary N) is 2. The van der Waals surface area contributed by atoms with Crippen LogP contribution in [0.5, 0.6) is 23.0 Å². The van der Waals surface area contributed by atoms with Crippen LogP contribution in [-0.4, -0.2) is 46.0 Å². The Morgan fingerprint density at radius 3 is 2.00 bits per heavy atom. The molecule has 4 rings (SSSR count). The molecule has 0 aliphatic rings. The van der Waals surface area contributed by atoms with Gasteiger partial charge < -0.3 is 29.6 Å². The number of carbonyl (C=O) groups is 3. The summed E-state index contributed by atoms with van der Waals surface area (Å²) in [6.45, 7) is 0. The number of benzene rings is 4. The zero-order valence-corrected chi connectivity index (χ0v) is 24.8. The van der Waals surface area contributed by atoms with Crippen LogP contribution in [0.1, 0.15) is 31.8 Å². The first-order chi connectivity index (χ1) is 21.3. The predicted molar refractivity (Wildman–Crippen MR) is 169 cm³/mol. The van der Waals surface area contributed by atoms with Gasteiger partial charge in [0, 0.05) is 28.4 Å². The summed E-state index contributed by atoms with van der Waals surface area (Å²) >= 11 is 0. The monoisotopic (exact) mass is 592 g/mol. The van der Waals surface area contributed by atoms with Crippen LogP contribution in [0.2, 0.25) is 0 Å². The molecule has 44 heavy (non-hydrogen) atoms. The zero-order chi connectivity index (χ0) is 31.5. The number of carbonyl (C=O) groups excluding carboxylic acids is 3. The van der Waals surface area contributed by atoms with E-state index in [2.05, 4.69) is 10.6 Å². The Hall–Kier alpha value is -5.83. The molecule has 4 aromatic rings. The number of allylic oxidation sites excluding steroid dienone is 1. The van der Waals surface area contributed by atoms with Crippen LogP contribution >= 0.6 is 0 Å². The van der Waals surface area contributed by atoms with E-state index in [1.54, 1.807) is 79.9 Å². The van der Waals surface area contributed by atoms with E-state index >= 15 is 0 Å². The third-order valence-electron chi connectivity index (χ3n) is 6.51. The van der Waals surface area contributed by atoms with Crippen molar-refractivity contribution in [2.75, 3.05) is 33.8 Å². The van der Waals surface area contributed by atoms with E-state index in [0.717, 1.165) is 5.56 Å². The third kappa shape index (κ3) is 7.92. The number of anilines is 1. The standard InChI is InChI=1S/C35H32N2O7/c1-41-28-12-8-9-23(19-28)13-18-30(38)24-14-16-27(17-15-24)36-35(40)29(37-34(39)25-10-6-5-7-11-25)20-26-21-32(43-3)33(44-4)22-31(26)42-2/h5-22H,1-4H3,(H,36,40)(H,37,39)/b18-13+,29-20-. The number of methoxy groups -OCH3 is 4. The fourth-order valence-corrected chi connectivity index (χ4v) is 4.19. The van der Waals surface area contributed by atoms with Crippen LogP contribution in [0.4, 0.5) is 5.69 Å². The molecular formula is C35H32N2O7. The normalized spacial score (nSPS) is 11.0. The van der Waals surface area contributed by atoms with Crippen molar-refractivity contribution in [2.45, 2.75) is 0 Å². The molecule has 0 spiro atoms. The minimum atomic E-state index is -0.594. The Balaban J connectivity index is 1.58. The quantitative estimate of drug-likeness (QED) is 0.153. The first-order valence-corrected chi connectivity index (χ1v) is 13.5. The largest absolute Gasteiger partial charge is 0.497 e. The van der Waals surface area contributed by atoms with Crippen molar-refractivity contribution in [2.24, 2.45) is 0 Å². The highest BCUT2D eigenvalue weighted by atomic mass is 16.5. The minimum Gasteiger partial charge on any atom is -0.497 e. The molecule has 9 nitrogen and oxygen atoms in total. The van der Waals surface area contributed by atoms with Crippen LogP contribution in [0, 0.1) is 0 Å². The van der Waals surface area contributed by atoms with Gasteiger partial charge in [0.1, 0.15) is 17.2 Å². The fourth-order valence-electron chi connectivity index (χ4n) is 4.19. The van der Waals surface area contributed by atoms with E-state index in [-0.39, 0.29) is 11.5 Å². The van der Waals surface area contributed by atoms with Crippen LogP contribution in [-0.2, 0) is 4.79 Å². The van der Waals surface area contributed by atoms with Gasteiger partial charge in [-0.3, -0.25) is 14.4 Å². The van der Waals surface area contributed by atoms with Crippen molar-refractivity contribution in [3.8, 4) is 23.0 Å². The molecule has 2 amide bonds. The van der Waals surface area contributed by atoms with Crippen molar-refractivity contribution in [1.29, 1.82) is 0 Å². The lowest BCUT2D eigenvalue weighted by molar-refractivity contribution is -0.113. The second-order valence-corrected chi connectivity index (χ2v) is 9.33. The molecule has 0 saturated carbocycles. The summed E-state index contributed by atoms with van der Waals surface area (Å²) in [4.78, 5) is 39.3. The smallest absolute Gasteiger partial charge is 0.272 e. The van der Waals surface area contributed by atoms with E-state index in [9.17, 15) is 14.4 Å². The minimum absolute atomic E-state index is 0.0502. The van der Waals surface area contributed by atoms with E-state index in [4.69, 9.17) is 18.9 Å². The van der Waals surface area contributed by atoms with E-state index in [0.29, 0.717) is 45.4 Å². The Labute approximate surface area is 255 Å². The molecule has 0 aliphatic carbocycles. The number of rotatable bonds is 12. The average molecular weight is 593 g/mol. The molecular weight excluding hydrogens is 560 g/mol. The maximum atomic E-state index is 13.5. The first kappa shape index (κ1) is 31.1. The molecule has 0 saturated heterocycles. The van der Waals surface area contributed by atoms with Crippen molar-refractivity contribution in [3.63, 3.8) is 0 Å². The third-order valence-corrected chi connectivity index (χ3v) is 6.51. The van der Waals surface area contributed by atoms with Gasteiger partial charge in [-0.2, -0.15) is 0 Å². The second-order valence-electron chi connectivity index (χ2n) is 9.33. The molecule has 4 aromatic carbocycles. The molecule has 0 atom stereocenters. The number of ketones is 1. The summed E-state index contributed by atoms with van der Waals surface area (Å²) in [5, 5.41) is 5.48. The molecule has 224 valence electrons. The van der Waals surface area contributed by atoms with Gasteiger partial charge in [-0.1, -0.05) is 36.4 Å². The predicted octanol–water partition coefficient (Wildman–Crippen LogP) is 6.03. The highest BCUT2D eigenvalue weighted by Crippen LogP contribution is 2.35. The number of ether oxygens (including phenoxy) is 4. The average Bonchev–Trinajstić information content (AvgIpc) is 3.07. The summed E-state index contributed by atoms with van der Waals surface area (Å²) in [6, 6.07) is 25.6. The van der Waals surface area contributed by atoms with Crippen molar-refractivity contribution < 1.29 is 33.3 Å². The van der Waals surface area contributed by atoms with Gasteiger partial charge in [-0.25, -0.2) is 0 Å². The van der Waals surface area contributed by atoms with Crippen LogP contribution in [0.3, 0.4) is 0 Å². The number of amides is 2. The van der Waals surface area contributed by atoms with Gasteiger partial charge in [0.05, 0.1) is 28.4 Å². The van der Waals surface area contributed by atoms with Gasteiger partial charge >= 0.3 is 0 Å². The Morgan fingerprint density at radius 1 is 0.659 bits per heavy atom. The number of hydrogen-bond acceptors (Lipinski definition) is 7. The molecule has 0 bridgehead atoms. The van der Waals surface area contributed by atoms with Crippen molar-refractivity contribution in [3.05, 3.63) is 125 Å². The lowest BCUT2D eigenvalue weighted by Crippen LogP contribution is -2.30. The summed E-state index contributed by atoms with van der Waals surface area (Å²) in [6.07, 6.45) is 4.66. The first-order valence-electron chi connectivity index (χ1n) is 13.5. The number of hydrogen-bond donors (Lipinski definition) is 2. The van der Waals surface area contributed by atoms with Gasteiger partial charge in [-0.05, 0) is 72.3 Å². The Morgan fingerprint density at radius 2 is 1.34 bits per heavy atom. The van der Waals surface area contributed by atoms with E-state index < -0.39 is 11.8 Å². The Kier molecular flexibility index (Phi) is 10.5. The maximum Gasteiger partial charge on any atom is 0.272 e. The van der Waals surface area contributed by atoms with E-state index in [1.807, 2.05) is 24.3 Å². The summed E-state index contributed by atoms with van der Waals surface area (Å²) in [7, 11) is 6.06. The summed E-state index contributed by atoms with van der Waals surface area (Å²) in [5.74, 6) is 0.660. The lowest BCUT2D eigenvalue weighted by Gasteiger charge is -2.15. The van der Waals surface area contributed by atoms with Crippen molar-refractivity contribution >= 4 is 35.4 Å². The van der Waals surface area contributed by atoms with Crippen LogP contribution < -0.4 is 29.6 Å². The zero-order valence-electron chi connectivity index (χ0n) is 24.8. The van der Waals surface area contributed by atoms with Gasteiger partial charge in [0.15, 0.2) is 17.3 Å². The Bertz CT molecular complexity index is 1690. The lowest BCUT2D eigenvalue weighted by atomic mass is 10.1. The van der Waals surface area contributed by atoms with Crippen LogP contribution in [0.25, 0.3) is 12.2 Å². The second kappa shape index (κ2) is 14.9. The van der Waals surface area contributed by atoms with Gasteiger partial charge in [0.25, 0.3) is 11.8 Å². The molecule has 0 aliphatic heterocycles. The highest BCUT2D eigenvalue weighted by Gasteiger charge is 2.18. The molecule has 2 N–H and O–H groups in total. The van der Waals surface area contributed by atoms with Crippen molar-refractivity contribution in [1.82, 2.24) is 5.32 Å². The fraction of sp³-hybridized carbons (Fsp3) is 0.114.